The van der Waals surface area contributed by atoms with Crippen molar-refractivity contribution in [1.29, 1.82) is 0 Å². The number of methoxy groups -OCH3 is 1. The van der Waals surface area contributed by atoms with Crippen LogP contribution in [-0.2, 0) is 20.8 Å². The molecule has 0 radical (unpaired) electrons. The second-order valence-electron chi connectivity index (χ2n) is 4.02. The molecular formula is C13H15NO4. The fraction of sp³-hybridized carbons (Fsp3) is 0.385. The summed E-state index contributed by atoms with van der Waals surface area (Å²) in [5.74, 6) is -0.438. The van der Waals surface area contributed by atoms with Crippen molar-refractivity contribution in [3.8, 4) is 0 Å². The Balaban J connectivity index is 2.18. The average molecular weight is 249 g/mol. The molecule has 1 heterocycles. The zero-order valence-electron chi connectivity index (χ0n) is 10.2. The first kappa shape index (κ1) is 12.6. The van der Waals surface area contributed by atoms with E-state index in [1.807, 2.05) is 12.1 Å². The van der Waals surface area contributed by atoms with Crippen molar-refractivity contribution in [3.63, 3.8) is 0 Å². The van der Waals surface area contributed by atoms with E-state index in [-0.39, 0.29) is 18.5 Å². The molecule has 2 rings (SSSR count). The van der Waals surface area contributed by atoms with Crippen LogP contribution in [0, 0.1) is 0 Å². The number of nitrogens with zero attached hydrogens (tertiary/aromatic N) is 1. The van der Waals surface area contributed by atoms with Gasteiger partial charge in [-0.1, -0.05) is 18.2 Å². The summed E-state index contributed by atoms with van der Waals surface area (Å²) in [4.78, 5) is 24.9. The summed E-state index contributed by atoms with van der Waals surface area (Å²) >= 11 is 0. The minimum Gasteiger partial charge on any atom is -0.465 e. The number of benzene rings is 1. The Bertz CT molecular complexity index is 458. The maximum Gasteiger partial charge on any atom is 0.338 e. The minimum atomic E-state index is -0.383. The molecule has 0 unspecified atom stereocenters. The predicted octanol–water partition coefficient (Wildman–Crippen LogP) is 0.832. The smallest absolute Gasteiger partial charge is 0.338 e. The van der Waals surface area contributed by atoms with E-state index >= 15 is 0 Å². The van der Waals surface area contributed by atoms with Gasteiger partial charge in [0.25, 0.3) is 0 Å². The van der Waals surface area contributed by atoms with Crippen LogP contribution < -0.4 is 0 Å². The number of rotatable bonds is 3. The molecule has 0 atom stereocenters. The predicted molar refractivity (Wildman–Crippen MR) is 64.0 cm³/mol. The van der Waals surface area contributed by atoms with E-state index in [1.54, 1.807) is 17.0 Å². The summed E-state index contributed by atoms with van der Waals surface area (Å²) in [5, 5.41) is 0. The largest absolute Gasteiger partial charge is 0.465 e. The fourth-order valence-corrected chi connectivity index (χ4v) is 1.89. The van der Waals surface area contributed by atoms with Crippen molar-refractivity contribution in [2.45, 2.75) is 6.54 Å². The monoisotopic (exact) mass is 249 g/mol. The van der Waals surface area contributed by atoms with Gasteiger partial charge in [0, 0.05) is 13.1 Å². The van der Waals surface area contributed by atoms with Gasteiger partial charge in [-0.25, -0.2) is 4.79 Å². The average Bonchev–Trinajstić information content (AvgIpc) is 2.41. The van der Waals surface area contributed by atoms with Crippen LogP contribution in [0.2, 0.25) is 0 Å². The first-order valence-corrected chi connectivity index (χ1v) is 5.74. The highest BCUT2D eigenvalue weighted by atomic mass is 16.5. The van der Waals surface area contributed by atoms with Crippen molar-refractivity contribution >= 4 is 11.9 Å². The van der Waals surface area contributed by atoms with Crippen LogP contribution in [-0.4, -0.2) is 43.6 Å². The van der Waals surface area contributed by atoms with Crippen molar-refractivity contribution in [2.24, 2.45) is 0 Å². The van der Waals surface area contributed by atoms with Gasteiger partial charge >= 0.3 is 5.97 Å². The lowest BCUT2D eigenvalue weighted by atomic mass is 10.1. The number of hydrogen-bond acceptors (Lipinski definition) is 4. The molecule has 1 aliphatic rings. The van der Waals surface area contributed by atoms with Gasteiger partial charge in [-0.3, -0.25) is 4.79 Å². The molecule has 0 bridgehead atoms. The normalized spacial score (nSPS) is 15.6. The minimum absolute atomic E-state index is 0.0547. The lowest BCUT2D eigenvalue weighted by Crippen LogP contribution is -2.41. The highest BCUT2D eigenvalue weighted by molar-refractivity contribution is 5.91. The molecule has 0 aliphatic carbocycles. The molecule has 1 fully saturated rings. The Morgan fingerprint density at radius 3 is 2.94 bits per heavy atom. The van der Waals surface area contributed by atoms with E-state index in [0.29, 0.717) is 25.3 Å². The maximum absolute atomic E-state index is 11.6. The zero-order valence-corrected chi connectivity index (χ0v) is 10.2. The molecule has 0 aromatic heterocycles. The van der Waals surface area contributed by atoms with Gasteiger partial charge in [0.2, 0.25) is 5.91 Å². The second-order valence-corrected chi connectivity index (χ2v) is 4.02. The Labute approximate surface area is 105 Å². The third kappa shape index (κ3) is 2.68. The topological polar surface area (TPSA) is 55.8 Å². The molecule has 96 valence electrons. The Morgan fingerprint density at radius 1 is 1.44 bits per heavy atom. The maximum atomic E-state index is 11.6. The molecule has 1 amide bonds. The second kappa shape index (κ2) is 5.64. The number of morpholine rings is 1. The summed E-state index contributed by atoms with van der Waals surface area (Å²) in [6.07, 6.45) is 0. The van der Waals surface area contributed by atoms with Crippen LogP contribution in [0.1, 0.15) is 15.9 Å². The fourth-order valence-electron chi connectivity index (χ4n) is 1.89. The van der Waals surface area contributed by atoms with Crippen molar-refractivity contribution in [1.82, 2.24) is 4.90 Å². The Morgan fingerprint density at radius 2 is 2.22 bits per heavy atom. The van der Waals surface area contributed by atoms with Crippen molar-refractivity contribution < 1.29 is 19.1 Å². The molecule has 1 aromatic carbocycles. The zero-order chi connectivity index (χ0) is 13.0. The highest BCUT2D eigenvalue weighted by Gasteiger charge is 2.21. The van der Waals surface area contributed by atoms with E-state index < -0.39 is 0 Å². The molecule has 0 saturated carbocycles. The first-order valence-electron chi connectivity index (χ1n) is 5.74. The lowest BCUT2D eigenvalue weighted by Gasteiger charge is -2.27. The summed E-state index contributed by atoms with van der Waals surface area (Å²) < 4.78 is 9.79. The molecule has 1 aliphatic heterocycles. The molecule has 0 spiro atoms. The van der Waals surface area contributed by atoms with Crippen LogP contribution in [0.25, 0.3) is 0 Å². The highest BCUT2D eigenvalue weighted by Crippen LogP contribution is 2.14. The number of ether oxygens (including phenoxy) is 2. The Hall–Kier alpha value is -1.88. The number of esters is 1. The number of carbonyl (C=O) groups excluding carboxylic acids is 2. The van der Waals surface area contributed by atoms with Gasteiger partial charge in [0.05, 0.1) is 19.3 Å². The quantitative estimate of drug-likeness (QED) is 0.745. The molecular weight excluding hydrogens is 234 g/mol. The van der Waals surface area contributed by atoms with Gasteiger partial charge in [0.15, 0.2) is 0 Å². The van der Waals surface area contributed by atoms with E-state index in [9.17, 15) is 9.59 Å². The third-order valence-corrected chi connectivity index (χ3v) is 2.87. The van der Waals surface area contributed by atoms with Crippen LogP contribution in [0.4, 0.5) is 0 Å². The lowest BCUT2D eigenvalue weighted by molar-refractivity contribution is -0.143. The molecule has 18 heavy (non-hydrogen) atoms. The SMILES string of the molecule is COC(=O)c1ccccc1CN1CCOCC1=O. The van der Waals surface area contributed by atoms with E-state index in [1.165, 1.54) is 7.11 Å². The van der Waals surface area contributed by atoms with Gasteiger partial charge < -0.3 is 14.4 Å². The molecule has 5 heteroatoms. The standard InChI is InChI=1S/C13H15NO4/c1-17-13(16)11-5-3-2-4-10(11)8-14-6-7-18-9-12(14)15/h2-5H,6-9H2,1H3. The number of hydrogen-bond donors (Lipinski definition) is 0. The van der Waals surface area contributed by atoms with Crippen LogP contribution in [0.15, 0.2) is 24.3 Å². The summed E-state index contributed by atoms with van der Waals surface area (Å²) in [7, 11) is 1.35. The first-order chi connectivity index (χ1) is 8.72. The molecule has 1 saturated heterocycles. The third-order valence-electron chi connectivity index (χ3n) is 2.87. The molecule has 1 aromatic rings. The summed E-state index contributed by atoms with van der Waals surface area (Å²) in [6.45, 7) is 1.61. The van der Waals surface area contributed by atoms with Crippen molar-refractivity contribution in [2.75, 3.05) is 26.9 Å². The van der Waals surface area contributed by atoms with Gasteiger partial charge in [-0.2, -0.15) is 0 Å². The van der Waals surface area contributed by atoms with Gasteiger partial charge in [-0.15, -0.1) is 0 Å². The van der Waals surface area contributed by atoms with Crippen LogP contribution >= 0.6 is 0 Å². The van der Waals surface area contributed by atoms with Gasteiger partial charge in [-0.05, 0) is 11.6 Å². The summed E-state index contributed by atoms with van der Waals surface area (Å²) in [6, 6.07) is 7.14. The summed E-state index contributed by atoms with van der Waals surface area (Å²) in [5.41, 5.74) is 1.29. The van der Waals surface area contributed by atoms with Gasteiger partial charge in [0.1, 0.15) is 6.61 Å². The van der Waals surface area contributed by atoms with E-state index in [2.05, 4.69) is 0 Å². The number of carbonyl (C=O) groups is 2. The van der Waals surface area contributed by atoms with Crippen LogP contribution in [0.3, 0.4) is 0 Å². The van der Waals surface area contributed by atoms with E-state index in [4.69, 9.17) is 9.47 Å². The molecule has 5 nitrogen and oxygen atoms in total. The van der Waals surface area contributed by atoms with E-state index in [0.717, 1.165) is 5.56 Å². The van der Waals surface area contributed by atoms with Crippen LogP contribution in [0.5, 0.6) is 0 Å². The van der Waals surface area contributed by atoms with Crippen molar-refractivity contribution in [3.05, 3.63) is 35.4 Å². The molecule has 0 N–H and O–H groups in total. The Kier molecular flexibility index (Phi) is 3.94. The number of amides is 1.